The van der Waals surface area contributed by atoms with Crippen molar-refractivity contribution in [2.45, 2.75) is 25.5 Å². The third-order valence-electron chi connectivity index (χ3n) is 4.40. The lowest BCUT2D eigenvalue weighted by Crippen LogP contribution is -2.29. The van der Waals surface area contributed by atoms with Gasteiger partial charge in [0.2, 0.25) is 0 Å². The highest BCUT2D eigenvalue weighted by Gasteiger charge is 2.11. The van der Waals surface area contributed by atoms with Crippen LogP contribution in [0, 0.1) is 0 Å². The van der Waals surface area contributed by atoms with Crippen molar-refractivity contribution in [2.24, 2.45) is 10.7 Å². The highest BCUT2D eigenvalue weighted by molar-refractivity contribution is 6.35. The van der Waals surface area contributed by atoms with E-state index in [-0.39, 0.29) is 6.61 Å². The van der Waals surface area contributed by atoms with Gasteiger partial charge in [-0.3, -0.25) is 9.98 Å². The molecule has 142 valence electrons. The monoisotopic (exact) mass is 404 g/mol. The minimum Gasteiger partial charge on any atom is -0.487 e. The van der Waals surface area contributed by atoms with Crippen molar-refractivity contribution < 1.29 is 4.74 Å². The molecule has 1 fully saturated rings. The van der Waals surface area contributed by atoms with E-state index in [1.165, 1.54) is 6.20 Å². The number of hydrogen-bond acceptors (Lipinski definition) is 5. The molecule has 5 nitrogen and oxygen atoms in total. The van der Waals surface area contributed by atoms with Crippen LogP contribution in [0.2, 0.25) is 10.0 Å². The SMILES string of the molecule is NC=C(C=NC1CCNCC1)c1cncc(OCc2c(Cl)cccc2Cl)c1. The normalized spacial score (nSPS) is 16.0. The van der Waals surface area contributed by atoms with Crippen LogP contribution in [0.1, 0.15) is 24.0 Å². The summed E-state index contributed by atoms with van der Waals surface area (Å²) >= 11 is 12.4. The lowest BCUT2D eigenvalue weighted by Gasteiger charge is -2.18. The van der Waals surface area contributed by atoms with E-state index in [1.54, 1.807) is 30.6 Å². The largest absolute Gasteiger partial charge is 0.487 e. The van der Waals surface area contributed by atoms with Gasteiger partial charge < -0.3 is 15.8 Å². The van der Waals surface area contributed by atoms with Crippen LogP contribution in [0.15, 0.2) is 47.9 Å². The van der Waals surface area contributed by atoms with Crippen LogP contribution < -0.4 is 15.8 Å². The maximum absolute atomic E-state index is 6.19. The molecule has 27 heavy (non-hydrogen) atoms. The van der Waals surface area contributed by atoms with Crippen molar-refractivity contribution in [3.63, 3.8) is 0 Å². The fourth-order valence-corrected chi connectivity index (χ4v) is 3.34. The van der Waals surface area contributed by atoms with E-state index in [0.717, 1.165) is 42.6 Å². The maximum Gasteiger partial charge on any atom is 0.138 e. The lowest BCUT2D eigenvalue weighted by atomic mass is 10.1. The fraction of sp³-hybridized carbons (Fsp3) is 0.300. The number of aromatic nitrogens is 1. The number of allylic oxidation sites excluding steroid dienone is 1. The zero-order valence-electron chi connectivity index (χ0n) is 14.9. The third kappa shape index (κ3) is 5.45. The van der Waals surface area contributed by atoms with Crippen molar-refractivity contribution in [1.82, 2.24) is 10.3 Å². The molecule has 0 bridgehead atoms. The molecule has 0 saturated carbocycles. The van der Waals surface area contributed by atoms with E-state index in [1.807, 2.05) is 12.3 Å². The Balaban J connectivity index is 1.69. The summed E-state index contributed by atoms with van der Waals surface area (Å²) < 4.78 is 5.83. The first-order chi connectivity index (χ1) is 13.2. The molecule has 1 saturated heterocycles. The van der Waals surface area contributed by atoms with Crippen molar-refractivity contribution in [1.29, 1.82) is 0 Å². The number of pyridine rings is 1. The first-order valence-corrected chi connectivity index (χ1v) is 9.60. The molecule has 0 radical (unpaired) electrons. The van der Waals surface area contributed by atoms with E-state index in [2.05, 4.69) is 15.3 Å². The zero-order chi connectivity index (χ0) is 19.1. The average molecular weight is 405 g/mol. The molecule has 0 spiro atoms. The van der Waals surface area contributed by atoms with Crippen molar-refractivity contribution in [2.75, 3.05) is 13.1 Å². The van der Waals surface area contributed by atoms with E-state index >= 15 is 0 Å². The Morgan fingerprint density at radius 3 is 2.70 bits per heavy atom. The summed E-state index contributed by atoms with van der Waals surface area (Å²) in [6, 6.07) is 7.58. The Labute approximate surface area is 169 Å². The van der Waals surface area contributed by atoms with E-state index in [9.17, 15) is 0 Å². The Bertz CT molecular complexity index is 812. The van der Waals surface area contributed by atoms with Crippen molar-refractivity contribution in [3.8, 4) is 5.75 Å². The molecule has 0 atom stereocenters. The van der Waals surface area contributed by atoms with Crippen LogP contribution in [0.5, 0.6) is 5.75 Å². The molecule has 1 aromatic carbocycles. The van der Waals surface area contributed by atoms with Gasteiger partial charge in [0.1, 0.15) is 12.4 Å². The molecule has 3 N–H and O–H groups in total. The molecule has 1 aliphatic heterocycles. The molecule has 7 heteroatoms. The standard InChI is InChI=1S/C20H22Cl2N4O/c21-19-2-1-3-20(22)18(19)13-27-17-8-14(10-25-12-17)15(9-23)11-26-16-4-6-24-7-5-16/h1-3,8-12,16,24H,4-7,13,23H2. The Hall–Kier alpha value is -2.08. The Kier molecular flexibility index (Phi) is 7.10. The van der Waals surface area contributed by atoms with E-state index in [0.29, 0.717) is 21.8 Å². The van der Waals surface area contributed by atoms with Crippen LogP contribution in [-0.4, -0.2) is 30.3 Å². The topological polar surface area (TPSA) is 72.5 Å². The summed E-state index contributed by atoms with van der Waals surface area (Å²) in [4.78, 5) is 8.91. The number of aliphatic imine (C=N–C) groups is 1. The molecule has 1 aliphatic rings. The van der Waals surface area contributed by atoms with E-state index in [4.69, 9.17) is 33.7 Å². The number of nitrogens with one attached hydrogen (secondary N) is 1. The lowest BCUT2D eigenvalue weighted by molar-refractivity contribution is 0.305. The zero-order valence-corrected chi connectivity index (χ0v) is 16.4. The van der Waals surface area contributed by atoms with Gasteiger partial charge in [0, 0.05) is 45.4 Å². The first-order valence-electron chi connectivity index (χ1n) is 8.84. The van der Waals surface area contributed by atoms with Crippen LogP contribution in [-0.2, 0) is 6.61 Å². The van der Waals surface area contributed by atoms with Gasteiger partial charge >= 0.3 is 0 Å². The molecular formula is C20H22Cl2N4O. The second kappa shape index (κ2) is 9.74. The number of nitrogens with two attached hydrogens (primary N) is 1. The number of ether oxygens (including phenoxy) is 1. The van der Waals surface area contributed by atoms with Gasteiger partial charge in [-0.05, 0) is 44.1 Å². The molecular weight excluding hydrogens is 383 g/mol. The van der Waals surface area contributed by atoms with Crippen molar-refractivity contribution >= 4 is 35.0 Å². The fourth-order valence-electron chi connectivity index (χ4n) is 2.84. The predicted octanol–water partition coefficient (Wildman–Crippen LogP) is 4.09. The summed E-state index contributed by atoms with van der Waals surface area (Å²) in [5, 5.41) is 4.48. The van der Waals surface area contributed by atoms with Gasteiger partial charge in [-0.1, -0.05) is 29.3 Å². The molecule has 2 heterocycles. The molecule has 0 unspecified atom stereocenters. The Morgan fingerprint density at radius 1 is 1.26 bits per heavy atom. The molecule has 3 rings (SSSR count). The van der Waals surface area contributed by atoms with Gasteiger partial charge in [0.25, 0.3) is 0 Å². The number of piperidine rings is 1. The second-order valence-electron chi connectivity index (χ2n) is 6.28. The summed E-state index contributed by atoms with van der Waals surface area (Å²) in [5.41, 5.74) is 8.20. The van der Waals surface area contributed by atoms with Gasteiger partial charge in [-0.15, -0.1) is 0 Å². The molecule has 0 amide bonds. The number of hydrogen-bond donors (Lipinski definition) is 2. The molecule has 2 aromatic rings. The summed E-state index contributed by atoms with van der Waals surface area (Å²) in [6.07, 6.45) is 8.81. The number of halogens is 2. The van der Waals surface area contributed by atoms with Gasteiger partial charge in [0.05, 0.1) is 12.2 Å². The third-order valence-corrected chi connectivity index (χ3v) is 5.11. The van der Waals surface area contributed by atoms with Gasteiger partial charge in [-0.25, -0.2) is 0 Å². The Morgan fingerprint density at radius 2 is 2.00 bits per heavy atom. The summed E-state index contributed by atoms with van der Waals surface area (Å²) in [7, 11) is 0. The first kappa shape index (κ1) is 19.7. The minimum absolute atomic E-state index is 0.258. The molecule has 1 aromatic heterocycles. The van der Waals surface area contributed by atoms with E-state index < -0.39 is 0 Å². The number of rotatable bonds is 6. The van der Waals surface area contributed by atoms with Gasteiger partial charge in [0.15, 0.2) is 0 Å². The summed E-state index contributed by atoms with van der Waals surface area (Å²) in [5.74, 6) is 0.609. The van der Waals surface area contributed by atoms with Crippen LogP contribution in [0.4, 0.5) is 0 Å². The van der Waals surface area contributed by atoms with Crippen LogP contribution in [0.25, 0.3) is 5.57 Å². The minimum atomic E-state index is 0.258. The quantitative estimate of drug-likeness (QED) is 0.711. The predicted molar refractivity (Wildman–Crippen MR) is 112 cm³/mol. The van der Waals surface area contributed by atoms with Gasteiger partial charge in [-0.2, -0.15) is 0 Å². The maximum atomic E-state index is 6.19. The smallest absolute Gasteiger partial charge is 0.138 e. The number of nitrogens with zero attached hydrogens (tertiary/aromatic N) is 2. The van der Waals surface area contributed by atoms with Crippen LogP contribution >= 0.6 is 23.2 Å². The highest BCUT2D eigenvalue weighted by Crippen LogP contribution is 2.26. The summed E-state index contributed by atoms with van der Waals surface area (Å²) in [6.45, 7) is 2.26. The molecule has 0 aliphatic carbocycles. The average Bonchev–Trinajstić information content (AvgIpc) is 2.69. The number of benzene rings is 1. The van der Waals surface area contributed by atoms with Crippen molar-refractivity contribution in [3.05, 3.63) is 64.0 Å². The van der Waals surface area contributed by atoms with Crippen LogP contribution in [0.3, 0.4) is 0 Å². The second-order valence-corrected chi connectivity index (χ2v) is 7.09. The highest BCUT2D eigenvalue weighted by atomic mass is 35.5.